The molecule has 79 valence electrons. The summed E-state index contributed by atoms with van der Waals surface area (Å²) in [4.78, 5) is 23.0. The summed E-state index contributed by atoms with van der Waals surface area (Å²) in [6.07, 6.45) is 0.0625. The molecule has 0 rings (SSSR count). The standard InChI is InChI=1S/C11H20O2.In/c1-10(2,3)8(12)7-9(13)11(4,5)6;/h7H2,1-6H3;. The molecule has 0 aliphatic rings. The molecule has 0 aliphatic heterocycles. The molecule has 0 bridgehead atoms. The van der Waals surface area contributed by atoms with Crippen LogP contribution in [0.25, 0.3) is 0 Å². The second-order valence-electron chi connectivity index (χ2n) is 5.52. The van der Waals surface area contributed by atoms with E-state index in [1.165, 1.54) is 0 Å². The maximum Gasteiger partial charge on any atom is 0.145 e. The molecule has 0 amide bonds. The molecular weight excluding hydrogens is 279 g/mol. The Morgan fingerprint density at radius 1 is 0.786 bits per heavy atom. The van der Waals surface area contributed by atoms with Gasteiger partial charge in [0, 0.05) is 36.7 Å². The van der Waals surface area contributed by atoms with Gasteiger partial charge in [0.1, 0.15) is 11.6 Å². The van der Waals surface area contributed by atoms with Crippen molar-refractivity contribution in [2.75, 3.05) is 0 Å². The molecular formula is C11H20InO2. The van der Waals surface area contributed by atoms with Crippen molar-refractivity contribution in [2.45, 2.75) is 48.0 Å². The van der Waals surface area contributed by atoms with E-state index >= 15 is 0 Å². The van der Waals surface area contributed by atoms with Crippen LogP contribution in [0.1, 0.15) is 48.0 Å². The Bertz CT molecular complexity index is 194. The zero-order chi connectivity index (χ0) is 10.9. The smallest absolute Gasteiger partial charge is 0.145 e. The maximum atomic E-state index is 11.5. The zero-order valence-electron chi connectivity index (χ0n) is 10.1. The van der Waals surface area contributed by atoms with Crippen molar-refractivity contribution >= 4 is 37.4 Å². The van der Waals surface area contributed by atoms with Gasteiger partial charge in [-0.15, -0.1) is 0 Å². The summed E-state index contributed by atoms with van der Waals surface area (Å²) >= 11 is 0. The van der Waals surface area contributed by atoms with Crippen LogP contribution in [-0.2, 0) is 9.59 Å². The van der Waals surface area contributed by atoms with Crippen LogP contribution in [-0.4, -0.2) is 37.4 Å². The van der Waals surface area contributed by atoms with Crippen molar-refractivity contribution in [3.8, 4) is 0 Å². The van der Waals surface area contributed by atoms with Crippen molar-refractivity contribution in [1.29, 1.82) is 0 Å². The molecule has 0 N–H and O–H groups in total. The van der Waals surface area contributed by atoms with Crippen molar-refractivity contribution in [2.24, 2.45) is 10.8 Å². The van der Waals surface area contributed by atoms with Crippen LogP contribution in [0.2, 0.25) is 0 Å². The first kappa shape index (κ1) is 16.6. The average molecular weight is 299 g/mol. The van der Waals surface area contributed by atoms with Crippen LogP contribution in [0.5, 0.6) is 0 Å². The molecule has 2 nitrogen and oxygen atoms in total. The fraction of sp³-hybridized carbons (Fsp3) is 0.818. The van der Waals surface area contributed by atoms with Crippen LogP contribution >= 0.6 is 0 Å². The van der Waals surface area contributed by atoms with E-state index in [9.17, 15) is 9.59 Å². The number of hydrogen-bond donors (Lipinski definition) is 0. The summed E-state index contributed by atoms with van der Waals surface area (Å²) in [6.45, 7) is 11.0. The van der Waals surface area contributed by atoms with Crippen LogP contribution in [0, 0.1) is 10.8 Å². The van der Waals surface area contributed by atoms with Gasteiger partial charge in [0.2, 0.25) is 0 Å². The van der Waals surface area contributed by atoms with Crippen molar-refractivity contribution in [3.05, 3.63) is 0 Å². The molecule has 0 unspecified atom stereocenters. The van der Waals surface area contributed by atoms with Gasteiger partial charge in [-0.25, -0.2) is 0 Å². The molecule has 0 fully saturated rings. The number of ketones is 2. The van der Waals surface area contributed by atoms with E-state index in [-0.39, 0.29) is 43.8 Å². The van der Waals surface area contributed by atoms with Gasteiger partial charge < -0.3 is 0 Å². The Kier molecular flexibility index (Phi) is 6.34. The van der Waals surface area contributed by atoms with Gasteiger partial charge >= 0.3 is 0 Å². The zero-order valence-corrected chi connectivity index (χ0v) is 13.4. The summed E-state index contributed by atoms with van der Waals surface area (Å²) in [5.74, 6) is 0.0415. The van der Waals surface area contributed by atoms with Gasteiger partial charge in [0.25, 0.3) is 0 Å². The molecule has 0 aromatic carbocycles. The van der Waals surface area contributed by atoms with Crippen molar-refractivity contribution in [1.82, 2.24) is 0 Å². The third kappa shape index (κ3) is 5.84. The van der Waals surface area contributed by atoms with Gasteiger partial charge in [-0.2, -0.15) is 0 Å². The van der Waals surface area contributed by atoms with Crippen LogP contribution in [0.3, 0.4) is 0 Å². The first-order valence-electron chi connectivity index (χ1n) is 4.62. The van der Waals surface area contributed by atoms with Crippen LogP contribution in [0.15, 0.2) is 0 Å². The van der Waals surface area contributed by atoms with Crippen molar-refractivity contribution < 1.29 is 9.59 Å². The molecule has 0 aliphatic carbocycles. The minimum atomic E-state index is -0.402. The Morgan fingerprint density at radius 3 is 1.14 bits per heavy atom. The second kappa shape index (κ2) is 5.34. The Hall–Kier alpha value is 0.210. The SMILES string of the molecule is CC(C)(C)C(=O)CC(=O)C(C)(C)C.[In]. The summed E-state index contributed by atoms with van der Waals surface area (Å²) in [5, 5.41) is 0. The van der Waals surface area contributed by atoms with E-state index in [0.29, 0.717) is 0 Å². The summed E-state index contributed by atoms with van der Waals surface area (Å²) in [6, 6.07) is 0. The van der Waals surface area contributed by atoms with Crippen LogP contribution in [0.4, 0.5) is 0 Å². The fourth-order valence-corrected chi connectivity index (χ4v) is 0.676. The molecule has 0 saturated carbocycles. The van der Waals surface area contributed by atoms with E-state index in [0.717, 1.165) is 0 Å². The number of carbonyl (C=O) groups excluding carboxylic acids is 2. The first-order valence-corrected chi connectivity index (χ1v) is 4.62. The van der Waals surface area contributed by atoms with Gasteiger partial charge in [-0.05, 0) is 0 Å². The van der Waals surface area contributed by atoms with E-state index < -0.39 is 10.8 Å². The van der Waals surface area contributed by atoms with Gasteiger partial charge in [0.15, 0.2) is 0 Å². The molecule has 14 heavy (non-hydrogen) atoms. The number of Topliss-reactive ketones (excluding diaryl/α,β-unsaturated/α-hetero) is 2. The van der Waals surface area contributed by atoms with E-state index in [1.54, 1.807) is 0 Å². The molecule has 0 aromatic heterocycles. The predicted molar refractivity (Wildman–Crippen MR) is 59.3 cm³/mol. The third-order valence-corrected chi connectivity index (χ3v) is 1.99. The Morgan fingerprint density at radius 2 is 1.00 bits per heavy atom. The molecule has 3 radical (unpaired) electrons. The second-order valence-corrected chi connectivity index (χ2v) is 5.52. The minimum Gasteiger partial charge on any atom is -0.299 e. The summed E-state index contributed by atoms with van der Waals surface area (Å²) in [7, 11) is 0. The monoisotopic (exact) mass is 299 g/mol. The van der Waals surface area contributed by atoms with Crippen molar-refractivity contribution in [3.63, 3.8) is 0 Å². The minimum absolute atomic E-state index is 0. The van der Waals surface area contributed by atoms with E-state index in [2.05, 4.69) is 0 Å². The molecule has 0 saturated heterocycles. The normalized spacial score (nSPS) is 11.9. The average Bonchev–Trinajstić information content (AvgIpc) is 1.82. The largest absolute Gasteiger partial charge is 0.299 e. The Balaban J connectivity index is 0. The van der Waals surface area contributed by atoms with E-state index in [4.69, 9.17) is 0 Å². The third-order valence-electron chi connectivity index (χ3n) is 1.99. The molecule has 3 heteroatoms. The quantitative estimate of drug-likeness (QED) is 0.733. The van der Waals surface area contributed by atoms with Gasteiger partial charge in [-0.1, -0.05) is 41.5 Å². The van der Waals surface area contributed by atoms with Gasteiger partial charge in [0.05, 0.1) is 6.42 Å². The fourth-order valence-electron chi connectivity index (χ4n) is 0.676. The summed E-state index contributed by atoms with van der Waals surface area (Å²) < 4.78 is 0. The maximum absolute atomic E-state index is 11.5. The predicted octanol–water partition coefficient (Wildman–Crippen LogP) is 2.23. The first-order chi connectivity index (χ1) is 5.55. The molecule has 0 atom stereocenters. The molecule has 0 heterocycles. The van der Waals surface area contributed by atoms with Crippen LogP contribution < -0.4 is 0 Å². The topological polar surface area (TPSA) is 34.1 Å². The Labute approximate surface area is 106 Å². The number of rotatable bonds is 2. The number of carbonyl (C=O) groups is 2. The number of hydrogen-bond acceptors (Lipinski definition) is 2. The molecule has 0 aromatic rings. The van der Waals surface area contributed by atoms with Gasteiger partial charge in [-0.3, -0.25) is 9.59 Å². The van der Waals surface area contributed by atoms with E-state index in [1.807, 2.05) is 41.5 Å². The molecule has 0 spiro atoms. The summed E-state index contributed by atoms with van der Waals surface area (Å²) in [5.41, 5.74) is -0.804.